The van der Waals surface area contributed by atoms with Gasteiger partial charge in [0.2, 0.25) is 13.3 Å². The molecule has 0 aliphatic heterocycles. The van der Waals surface area contributed by atoms with Gasteiger partial charge >= 0.3 is 0 Å². The lowest BCUT2D eigenvalue weighted by Gasteiger charge is -2.04. The maximum atomic E-state index is 12.0. The number of thiazole rings is 1. The lowest BCUT2D eigenvalue weighted by molar-refractivity contribution is -0.115. The smallest absolute Gasteiger partial charge is 0.253 e. The Morgan fingerprint density at radius 2 is 2.04 bits per heavy atom. The molecule has 2 amide bonds. The number of hydrogen-bond acceptors (Lipinski definition) is 4. The zero-order valence-electron chi connectivity index (χ0n) is 13.6. The molecule has 1 aromatic carbocycles. The Labute approximate surface area is 150 Å². The Morgan fingerprint density at radius 1 is 1.24 bits per heavy atom. The van der Waals surface area contributed by atoms with E-state index in [9.17, 15) is 9.59 Å². The third-order valence-corrected chi connectivity index (χ3v) is 4.26. The number of anilines is 1. The Hall–Kier alpha value is -2.87. The molecule has 2 heterocycles. The summed E-state index contributed by atoms with van der Waals surface area (Å²) in [5.41, 5.74) is 2.30. The number of amides is 2. The van der Waals surface area contributed by atoms with E-state index in [-0.39, 0.29) is 18.4 Å². The second kappa shape index (κ2) is 7.80. The summed E-state index contributed by atoms with van der Waals surface area (Å²) in [6.07, 6.45) is 3.47. The minimum atomic E-state index is -0.316. The van der Waals surface area contributed by atoms with Crippen molar-refractivity contribution in [1.29, 1.82) is 0 Å². The highest BCUT2D eigenvalue weighted by molar-refractivity contribution is 7.14. The number of hydrogen-bond donors (Lipinski definition) is 2. The number of nitrogens with zero attached hydrogens (tertiary/aromatic N) is 2. The SMILES string of the molecule is C[B]n1ccc(C(=O)NCC(=O)Nc2nc(-c3ccccc3)cs2)c1. The van der Waals surface area contributed by atoms with Crippen LogP contribution in [-0.2, 0) is 4.79 Å². The fraction of sp³-hybridized carbons (Fsp3) is 0.118. The second-order valence-electron chi connectivity index (χ2n) is 5.24. The van der Waals surface area contributed by atoms with E-state index in [0.29, 0.717) is 10.7 Å². The molecule has 8 heteroatoms. The molecule has 0 saturated heterocycles. The van der Waals surface area contributed by atoms with Crippen LogP contribution in [0.25, 0.3) is 11.3 Å². The van der Waals surface area contributed by atoms with Gasteiger partial charge in [-0.15, -0.1) is 11.3 Å². The summed E-state index contributed by atoms with van der Waals surface area (Å²) in [5.74, 6) is -0.608. The van der Waals surface area contributed by atoms with Crippen LogP contribution < -0.4 is 10.6 Å². The fourth-order valence-corrected chi connectivity index (χ4v) is 2.94. The zero-order chi connectivity index (χ0) is 17.6. The average molecular weight is 351 g/mol. The van der Waals surface area contributed by atoms with E-state index >= 15 is 0 Å². The molecule has 2 aromatic heterocycles. The number of benzene rings is 1. The third kappa shape index (κ3) is 4.36. The average Bonchev–Trinajstić information content (AvgIpc) is 3.30. The summed E-state index contributed by atoms with van der Waals surface area (Å²) in [6, 6.07) is 11.4. The fourth-order valence-electron chi connectivity index (χ4n) is 2.21. The third-order valence-electron chi connectivity index (χ3n) is 3.50. The molecule has 6 nitrogen and oxygen atoms in total. The lowest BCUT2D eigenvalue weighted by atomic mass is 10.0. The first-order valence-electron chi connectivity index (χ1n) is 7.71. The summed E-state index contributed by atoms with van der Waals surface area (Å²) in [6.45, 7) is 1.76. The first-order valence-corrected chi connectivity index (χ1v) is 8.59. The maximum Gasteiger partial charge on any atom is 0.253 e. The molecule has 0 atom stereocenters. The van der Waals surface area contributed by atoms with Crippen LogP contribution in [0, 0.1) is 0 Å². The van der Waals surface area contributed by atoms with Gasteiger partial charge < -0.3 is 15.1 Å². The molecule has 3 rings (SSSR count). The van der Waals surface area contributed by atoms with Gasteiger partial charge in [-0.25, -0.2) is 4.98 Å². The van der Waals surface area contributed by atoms with Crippen molar-refractivity contribution in [3.63, 3.8) is 0 Å². The van der Waals surface area contributed by atoms with Crippen LogP contribution in [0.15, 0.2) is 54.2 Å². The summed E-state index contributed by atoms with van der Waals surface area (Å²) in [7, 11) is 1.83. The second-order valence-corrected chi connectivity index (χ2v) is 6.10. The molecule has 0 bridgehead atoms. The number of carbonyl (C=O) groups is 2. The molecule has 2 N–H and O–H groups in total. The van der Waals surface area contributed by atoms with Crippen LogP contribution in [0.2, 0.25) is 6.82 Å². The normalized spacial score (nSPS) is 10.3. The van der Waals surface area contributed by atoms with Crippen LogP contribution in [0.5, 0.6) is 0 Å². The minimum absolute atomic E-state index is 0.111. The Bertz CT molecular complexity index is 876. The van der Waals surface area contributed by atoms with E-state index in [1.165, 1.54) is 11.3 Å². The van der Waals surface area contributed by atoms with Gasteiger partial charge in [-0.3, -0.25) is 9.59 Å². The van der Waals surface area contributed by atoms with Crippen LogP contribution in [-0.4, -0.2) is 35.2 Å². The van der Waals surface area contributed by atoms with Gasteiger partial charge in [-0.05, 0) is 12.3 Å². The van der Waals surface area contributed by atoms with E-state index in [1.807, 2.05) is 49.9 Å². The number of nitrogens with one attached hydrogen (secondary N) is 2. The van der Waals surface area contributed by atoms with Crippen LogP contribution in [0.1, 0.15) is 10.4 Å². The van der Waals surface area contributed by atoms with E-state index in [4.69, 9.17) is 0 Å². The van der Waals surface area contributed by atoms with E-state index in [0.717, 1.165) is 11.3 Å². The quantitative estimate of drug-likeness (QED) is 0.670. The molecule has 0 aliphatic rings. The van der Waals surface area contributed by atoms with Gasteiger partial charge in [0.05, 0.1) is 17.8 Å². The van der Waals surface area contributed by atoms with E-state index < -0.39 is 0 Å². The summed E-state index contributed by atoms with van der Waals surface area (Å²) in [5, 5.41) is 7.68. The van der Waals surface area contributed by atoms with Gasteiger partial charge in [0.25, 0.3) is 5.91 Å². The largest absolute Gasteiger partial charge is 0.402 e. The van der Waals surface area contributed by atoms with Gasteiger partial charge in [0.15, 0.2) is 5.13 Å². The molecular formula is C17H16BN4O2S. The van der Waals surface area contributed by atoms with Crippen molar-refractivity contribution in [1.82, 2.24) is 14.8 Å². The number of carbonyl (C=O) groups excluding carboxylic acids is 2. The highest BCUT2D eigenvalue weighted by atomic mass is 32.1. The van der Waals surface area contributed by atoms with Crippen molar-refractivity contribution in [2.24, 2.45) is 0 Å². The standard InChI is InChI=1S/C17H16BN4O2S/c1-18-22-8-7-13(10-22)16(24)19-9-15(23)21-17-20-14(11-25-17)12-5-3-2-4-6-12/h2-8,10-11H,9H2,1H3,(H,19,24)(H,20,21,23). The Balaban J connectivity index is 1.53. The van der Waals surface area contributed by atoms with E-state index in [1.54, 1.807) is 22.9 Å². The van der Waals surface area contributed by atoms with Crippen molar-refractivity contribution in [2.75, 3.05) is 11.9 Å². The molecule has 25 heavy (non-hydrogen) atoms. The van der Waals surface area contributed by atoms with Crippen LogP contribution >= 0.6 is 11.3 Å². The zero-order valence-corrected chi connectivity index (χ0v) is 14.4. The molecule has 3 aromatic rings. The highest BCUT2D eigenvalue weighted by Crippen LogP contribution is 2.24. The Kier molecular flexibility index (Phi) is 5.30. The predicted octanol–water partition coefficient (Wildman–Crippen LogP) is 2.50. The van der Waals surface area contributed by atoms with Gasteiger partial charge in [0.1, 0.15) is 0 Å². The highest BCUT2D eigenvalue weighted by Gasteiger charge is 2.11. The van der Waals surface area contributed by atoms with Crippen LogP contribution in [0.4, 0.5) is 5.13 Å². The number of aromatic nitrogens is 2. The van der Waals surface area contributed by atoms with Gasteiger partial charge in [0, 0.05) is 17.1 Å². The molecule has 1 radical (unpaired) electrons. The summed E-state index contributed by atoms with van der Waals surface area (Å²) >= 11 is 1.35. The van der Waals surface area contributed by atoms with Gasteiger partial charge in [-0.1, -0.05) is 37.2 Å². The van der Waals surface area contributed by atoms with Crippen molar-refractivity contribution < 1.29 is 9.59 Å². The summed E-state index contributed by atoms with van der Waals surface area (Å²) < 4.78 is 1.77. The monoisotopic (exact) mass is 351 g/mol. The topological polar surface area (TPSA) is 76.0 Å². The first-order chi connectivity index (χ1) is 12.2. The number of rotatable bonds is 6. The van der Waals surface area contributed by atoms with Crippen LogP contribution in [0.3, 0.4) is 0 Å². The van der Waals surface area contributed by atoms with Crippen molar-refractivity contribution in [3.05, 3.63) is 59.7 Å². The van der Waals surface area contributed by atoms with Crippen molar-refractivity contribution >= 4 is 35.7 Å². The molecule has 0 aliphatic carbocycles. The molecule has 0 saturated carbocycles. The Morgan fingerprint density at radius 3 is 2.76 bits per heavy atom. The molecule has 125 valence electrons. The van der Waals surface area contributed by atoms with Crippen molar-refractivity contribution in [3.8, 4) is 11.3 Å². The molecule has 0 fully saturated rings. The maximum absolute atomic E-state index is 12.0. The molecule has 0 unspecified atom stereocenters. The van der Waals surface area contributed by atoms with E-state index in [2.05, 4.69) is 15.6 Å². The molecular weight excluding hydrogens is 335 g/mol. The lowest BCUT2D eigenvalue weighted by Crippen LogP contribution is -2.32. The predicted molar refractivity (Wildman–Crippen MR) is 100.0 cm³/mol. The minimum Gasteiger partial charge on any atom is -0.402 e. The molecule has 0 spiro atoms. The summed E-state index contributed by atoms with van der Waals surface area (Å²) in [4.78, 5) is 28.4. The first kappa shape index (κ1) is 17.0. The van der Waals surface area contributed by atoms with Gasteiger partial charge in [-0.2, -0.15) is 0 Å². The van der Waals surface area contributed by atoms with Crippen molar-refractivity contribution in [2.45, 2.75) is 6.82 Å².